The van der Waals surface area contributed by atoms with Crippen LogP contribution in [0.2, 0.25) is 0 Å². The van der Waals surface area contributed by atoms with Crippen molar-refractivity contribution in [3.8, 4) is 0 Å². The summed E-state index contributed by atoms with van der Waals surface area (Å²) in [5.74, 6) is 0.646. The fourth-order valence-electron chi connectivity index (χ4n) is 1.25. The zero-order valence-corrected chi connectivity index (χ0v) is 7.70. The molecule has 2 heteroatoms. The fraction of sp³-hybridized carbons (Fsp3) is 0.500. The Labute approximate surface area is 73.8 Å². The van der Waals surface area contributed by atoms with Gasteiger partial charge in [0.05, 0.1) is 0 Å². The van der Waals surface area contributed by atoms with E-state index in [1.54, 1.807) is 12.4 Å². The zero-order chi connectivity index (χ0) is 8.97. The lowest BCUT2D eigenvalue weighted by Gasteiger charge is -2.13. The van der Waals surface area contributed by atoms with Gasteiger partial charge in [-0.2, -0.15) is 0 Å². The van der Waals surface area contributed by atoms with E-state index >= 15 is 0 Å². The van der Waals surface area contributed by atoms with Crippen LogP contribution in [0.4, 0.5) is 0 Å². The second kappa shape index (κ2) is 4.21. The van der Waals surface area contributed by atoms with Crippen molar-refractivity contribution in [3.63, 3.8) is 0 Å². The minimum absolute atomic E-state index is 0.160. The highest BCUT2D eigenvalue weighted by Gasteiger charge is 2.06. The van der Waals surface area contributed by atoms with Crippen LogP contribution in [-0.4, -0.2) is 4.98 Å². The third-order valence-corrected chi connectivity index (χ3v) is 1.86. The monoisotopic (exact) mass is 164 g/mol. The van der Waals surface area contributed by atoms with Crippen molar-refractivity contribution in [2.45, 2.75) is 26.3 Å². The minimum Gasteiger partial charge on any atom is -0.324 e. The molecular weight excluding hydrogens is 148 g/mol. The van der Waals surface area contributed by atoms with Crippen molar-refractivity contribution >= 4 is 0 Å². The van der Waals surface area contributed by atoms with Crippen LogP contribution in [0.1, 0.15) is 31.9 Å². The molecule has 1 aromatic rings. The van der Waals surface area contributed by atoms with Gasteiger partial charge in [-0.25, -0.2) is 0 Å². The van der Waals surface area contributed by atoms with Gasteiger partial charge in [-0.05, 0) is 30.0 Å². The molecule has 1 aromatic heterocycles. The molecule has 0 saturated heterocycles. The summed E-state index contributed by atoms with van der Waals surface area (Å²) in [5, 5.41) is 0. The van der Waals surface area contributed by atoms with E-state index in [1.165, 1.54) is 5.56 Å². The van der Waals surface area contributed by atoms with E-state index in [-0.39, 0.29) is 6.04 Å². The largest absolute Gasteiger partial charge is 0.324 e. The summed E-state index contributed by atoms with van der Waals surface area (Å²) in [6, 6.07) is 4.12. The van der Waals surface area contributed by atoms with Crippen molar-refractivity contribution in [2.24, 2.45) is 11.7 Å². The molecule has 0 saturated carbocycles. The van der Waals surface area contributed by atoms with Gasteiger partial charge < -0.3 is 5.73 Å². The molecule has 0 spiro atoms. The molecule has 1 atom stereocenters. The van der Waals surface area contributed by atoms with E-state index in [9.17, 15) is 0 Å². The van der Waals surface area contributed by atoms with E-state index < -0.39 is 0 Å². The molecule has 0 aliphatic carbocycles. The number of nitrogens with two attached hydrogens (primary N) is 1. The lowest BCUT2D eigenvalue weighted by molar-refractivity contribution is 0.509. The summed E-state index contributed by atoms with van der Waals surface area (Å²) in [7, 11) is 0. The summed E-state index contributed by atoms with van der Waals surface area (Å²) < 4.78 is 0. The average molecular weight is 164 g/mol. The van der Waals surface area contributed by atoms with Crippen LogP contribution < -0.4 is 5.73 Å². The Bertz CT molecular complexity index is 219. The van der Waals surface area contributed by atoms with Crippen molar-refractivity contribution in [1.29, 1.82) is 0 Å². The van der Waals surface area contributed by atoms with E-state index in [0.717, 1.165) is 6.42 Å². The van der Waals surface area contributed by atoms with Gasteiger partial charge in [-0.3, -0.25) is 4.98 Å². The van der Waals surface area contributed by atoms with Crippen LogP contribution in [0.15, 0.2) is 24.5 Å². The highest BCUT2D eigenvalue weighted by atomic mass is 14.7. The van der Waals surface area contributed by atoms with Gasteiger partial charge in [-0.15, -0.1) is 0 Å². The molecule has 2 N–H and O–H groups in total. The third-order valence-electron chi connectivity index (χ3n) is 1.86. The average Bonchev–Trinajstić information content (AvgIpc) is 2.05. The molecule has 66 valence electrons. The lowest BCUT2D eigenvalue weighted by atomic mass is 9.99. The van der Waals surface area contributed by atoms with Crippen LogP contribution in [0.3, 0.4) is 0 Å². The van der Waals surface area contributed by atoms with Crippen LogP contribution >= 0.6 is 0 Å². The summed E-state index contributed by atoms with van der Waals surface area (Å²) in [6.45, 7) is 4.36. The first-order chi connectivity index (χ1) is 5.70. The normalized spacial score (nSPS) is 13.3. The highest BCUT2D eigenvalue weighted by Crippen LogP contribution is 2.17. The minimum atomic E-state index is 0.160. The number of nitrogens with zero attached hydrogens (tertiary/aromatic N) is 1. The van der Waals surface area contributed by atoms with Gasteiger partial charge in [0.2, 0.25) is 0 Å². The number of rotatable bonds is 3. The smallest absolute Gasteiger partial charge is 0.0298 e. The number of hydrogen-bond acceptors (Lipinski definition) is 2. The predicted octanol–water partition coefficient (Wildman–Crippen LogP) is 2.13. The van der Waals surface area contributed by atoms with Crippen LogP contribution in [0.25, 0.3) is 0 Å². The molecule has 0 radical (unpaired) electrons. The predicted molar refractivity (Wildman–Crippen MR) is 50.6 cm³/mol. The van der Waals surface area contributed by atoms with Crippen molar-refractivity contribution in [1.82, 2.24) is 4.98 Å². The second-order valence-corrected chi connectivity index (χ2v) is 3.52. The first-order valence-corrected chi connectivity index (χ1v) is 4.35. The summed E-state index contributed by atoms with van der Waals surface area (Å²) in [4.78, 5) is 3.95. The first kappa shape index (κ1) is 9.20. The molecule has 1 rings (SSSR count). The standard InChI is InChI=1S/C10H16N2/c1-8(2)7-10(11)9-3-5-12-6-4-9/h3-6,8,10H,7,11H2,1-2H3/t10-/m0/s1. The van der Waals surface area contributed by atoms with E-state index in [4.69, 9.17) is 5.73 Å². The Hall–Kier alpha value is -0.890. The van der Waals surface area contributed by atoms with Gasteiger partial charge in [0.15, 0.2) is 0 Å². The summed E-state index contributed by atoms with van der Waals surface area (Å²) in [5.41, 5.74) is 7.15. The Kier molecular flexibility index (Phi) is 3.23. The van der Waals surface area contributed by atoms with Gasteiger partial charge in [0.25, 0.3) is 0 Å². The van der Waals surface area contributed by atoms with Crippen molar-refractivity contribution in [2.75, 3.05) is 0 Å². The molecule has 0 unspecified atom stereocenters. The Morgan fingerprint density at radius 2 is 1.92 bits per heavy atom. The molecular formula is C10H16N2. The van der Waals surface area contributed by atoms with Crippen molar-refractivity contribution < 1.29 is 0 Å². The zero-order valence-electron chi connectivity index (χ0n) is 7.70. The number of aromatic nitrogens is 1. The maximum absolute atomic E-state index is 5.97. The molecule has 0 aliphatic rings. The van der Waals surface area contributed by atoms with Gasteiger partial charge >= 0.3 is 0 Å². The van der Waals surface area contributed by atoms with Gasteiger partial charge in [0, 0.05) is 18.4 Å². The second-order valence-electron chi connectivity index (χ2n) is 3.52. The van der Waals surface area contributed by atoms with Crippen LogP contribution in [0.5, 0.6) is 0 Å². The fourth-order valence-corrected chi connectivity index (χ4v) is 1.25. The van der Waals surface area contributed by atoms with Gasteiger partial charge in [-0.1, -0.05) is 13.8 Å². The molecule has 2 nitrogen and oxygen atoms in total. The van der Waals surface area contributed by atoms with Crippen molar-refractivity contribution in [3.05, 3.63) is 30.1 Å². The van der Waals surface area contributed by atoms with Crippen LogP contribution in [0, 0.1) is 5.92 Å². The van der Waals surface area contributed by atoms with Crippen LogP contribution in [-0.2, 0) is 0 Å². The number of pyridine rings is 1. The summed E-state index contributed by atoms with van der Waals surface area (Å²) in [6.07, 6.45) is 4.61. The quantitative estimate of drug-likeness (QED) is 0.743. The van der Waals surface area contributed by atoms with Gasteiger partial charge in [0.1, 0.15) is 0 Å². The third kappa shape index (κ3) is 2.62. The maximum Gasteiger partial charge on any atom is 0.0298 e. The molecule has 0 bridgehead atoms. The maximum atomic E-state index is 5.97. The molecule has 0 aliphatic heterocycles. The Morgan fingerprint density at radius 1 is 1.33 bits per heavy atom. The molecule has 12 heavy (non-hydrogen) atoms. The van der Waals surface area contributed by atoms with E-state index in [1.807, 2.05) is 12.1 Å². The SMILES string of the molecule is CC(C)C[C@H](N)c1ccncc1. The van der Waals surface area contributed by atoms with E-state index in [0.29, 0.717) is 5.92 Å². The molecule has 0 aromatic carbocycles. The Balaban J connectivity index is 2.59. The number of hydrogen-bond donors (Lipinski definition) is 1. The first-order valence-electron chi connectivity index (χ1n) is 4.35. The Morgan fingerprint density at radius 3 is 2.42 bits per heavy atom. The highest BCUT2D eigenvalue weighted by molar-refractivity contribution is 5.14. The molecule has 0 fully saturated rings. The topological polar surface area (TPSA) is 38.9 Å². The van der Waals surface area contributed by atoms with E-state index in [2.05, 4.69) is 18.8 Å². The molecule has 1 heterocycles. The lowest BCUT2D eigenvalue weighted by Crippen LogP contribution is -2.12. The summed E-state index contributed by atoms with van der Waals surface area (Å²) >= 11 is 0. The molecule has 0 amide bonds.